The van der Waals surface area contributed by atoms with Crippen molar-refractivity contribution in [2.75, 3.05) is 18.4 Å². The van der Waals surface area contributed by atoms with Gasteiger partial charge in [-0.3, -0.25) is 10.3 Å². The van der Waals surface area contributed by atoms with Gasteiger partial charge in [0.2, 0.25) is 0 Å². The number of anilines is 1. The molecule has 1 aromatic heterocycles. The molecule has 3 aromatic rings. The molecule has 1 aliphatic rings. The van der Waals surface area contributed by atoms with Crippen LogP contribution in [0.5, 0.6) is 0 Å². The first-order valence-corrected chi connectivity index (χ1v) is 8.95. The zero-order valence-electron chi connectivity index (χ0n) is 15.0. The van der Waals surface area contributed by atoms with Crippen LogP contribution >= 0.6 is 0 Å². The van der Waals surface area contributed by atoms with E-state index in [1.807, 2.05) is 48.5 Å². The Morgan fingerprint density at radius 3 is 2.68 bits per heavy atom. The largest absolute Gasteiger partial charge is 0.465 e. The van der Waals surface area contributed by atoms with Gasteiger partial charge in [0, 0.05) is 35.6 Å². The number of nitrogens with one attached hydrogen (secondary N) is 1. The quantitative estimate of drug-likeness (QED) is 0.722. The van der Waals surface area contributed by atoms with E-state index in [9.17, 15) is 14.7 Å². The number of pyridine rings is 1. The summed E-state index contributed by atoms with van der Waals surface area (Å²) in [6.07, 6.45) is 1.19. The minimum atomic E-state index is -1.02. The topological polar surface area (TPSA) is 91.8 Å². The fraction of sp³-hybridized carbons (Fsp3) is 0.190. The van der Waals surface area contributed by atoms with E-state index in [0.29, 0.717) is 5.69 Å². The van der Waals surface area contributed by atoms with Crippen molar-refractivity contribution < 1.29 is 19.4 Å². The first-order valence-electron chi connectivity index (χ1n) is 8.95. The molecule has 2 unspecified atom stereocenters. The van der Waals surface area contributed by atoms with E-state index >= 15 is 0 Å². The van der Waals surface area contributed by atoms with Crippen LogP contribution in [0.15, 0.2) is 67.0 Å². The predicted octanol–water partition coefficient (Wildman–Crippen LogP) is 3.93. The van der Waals surface area contributed by atoms with Crippen molar-refractivity contribution in [3.05, 3.63) is 72.6 Å². The smallest absolute Gasteiger partial charge is 0.412 e. The molecule has 4 rings (SSSR count). The normalized spacial score (nSPS) is 18.8. The number of hydrogen-bond acceptors (Lipinski definition) is 4. The molecule has 7 nitrogen and oxygen atoms in total. The fourth-order valence-corrected chi connectivity index (χ4v) is 3.58. The Hall–Kier alpha value is -3.61. The zero-order chi connectivity index (χ0) is 19.5. The van der Waals surface area contributed by atoms with Crippen molar-refractivity contribution in [1.82, 2.24) is 9.88 Å². The highest BCUT2D eigenvalue weighted by Crippen LogP contribution is 2.30. The lowest BCUT2D eigenvalue weighted by Crippen LogP contribution is -2.30. The summed E-state index contributed by atoms with van der Waals surface area (Å²) in [5.74, 6) is -0.209. The third kappa shape index (κ3) is 3.59. The molecule has 0 radical (unpaired) electrons. The lowest BCUT2D eigenvalue weighted by molar-refractivity contribution is 0.103. The summed E-state index contributed by atoms with van der Waals surface area (Å²) in [6, 6.07) is 16.9. The summed E-state index contributed by atoms with van der Waals surface area (Å²) in [6.45, 7) is 0.430. The number of nitrogens with zero attached hydrogens (tertiary/aromatic N) is 2. The van der Waals surface area contributed by atoms with Crippen molar-refractivity contribution in [3.63, 3.8) is 0 Å². The minimum Gasteiger partial charge on any atom is -0.465 e. The van der Waals surface area contributed by atoms with Gasteiger partial charge in [-0.15, -0.1) is 0 Å². The molecule has 2 amide bonds. The Labute approximate surface area is 161 Å². The highest BCUT2D eigenvalue weighted by Gasteiger charge is 2.38. The monoisotopic (exact) mass is 377 g/mol. The van der Waals surface area contributed by atoms with E-state index in [1.165, 1.54) is 4.90 Å². The van der Waals surface area contributed by atoms with E-state index in [1.54, 1.807) is 18.5 Å². The summed E-state index contributed by atoms with van der Waals surface area (Å²) in [5.41, 5.74) is 1.56. The molecule has 2 aromatic carbocycles. The first kappa shape index (κ1) is 17.8. The second-order valence-electron chi connectivity index (χ2n) is 6.68. The van der Waals surface area contributed by atoms with Crippen LogP contribution < -0.4 is 5.32 Å². The number of aromatic nitrogens is 1. The van der Waals surface area contributed by atoms with Crippen molar-refractivity contribution in [1.29, 1.82) is 0 Å². The van der Waals surface area contributed by atoms with Gasteiger partial charge < -0.3 is 14.7 Å². The average molecular weight is 377 g/mol. The van der Waals surface area contributed by atoms with E-state index in [2.05, 4.69) is 10.3 Å². The van der Waals surface area contributed by atoms with Crippen molar-refractivity contribution in [2.45, 2.75) is 12.0 Å². The molecule has 0 bridgehead atoms. The molecule has 0 spiro atoms. The molecule has 1 aliphatic heterocycles. The fourth-order valence-electron chi connectivity index (χ4n) is 3.58. The number of benzene rings is 2. The second kappa shape index (κ2) is 7.56. The highest BCUT2D eigenvalue weighted by atomic mass is 16.6. The van der Waals surface area contributed by atoms with Crippen LogP contribution in [0.4, 0.5) is 15.3 Å². The van der Waals surface area contributed by atoms with Gasteiger partial charge in [-0.05, 0) is 17.7 Å². The lowest BCUT2D eigenvalue weighted by atomic mass is 9.96. The van der Waals surface area contributed by atoms with Crippen molar-refractivity contribution in [2.24, 2.45) is 0 Å². The molecule has 7 heteroatoms. The molecular formula is C21H19N3O4. The number of ether oxygens (including phenoxy) is 1. The van der Waals surface area contributed by atoms with Crippen molar-refractivity contribution in [3.8, 4) is 0 Å². The van der Waals surface area contributed by atoms with Crippen LogP contribution in [0, 0.1) is 0 Å². The minimum absolute atomic E-state index is 0.141. The Morgan fingerprint density at radius 1 is 1.07 bits per heavy atom. The first-order chi connectivity index (χ1) is 13.6. The molecule has 0 aliphatic carbocycles. The maximum Gasteiger partial charge on any atom is 0.412 e. The maximum atomic E-state index is 12.6. The third-order valence-corrected chi connectivity index (χ3v) is 4.94. The van der Waals surface area contributed by atoms with Gasteiger partial charge in [0.1, 0.15) is 6.10 Å². The number of carboxylic acid groups (broad SMARTS) is 1. The van der Waals surface area contributed by atoms with E-state index in [4.69, 9.17) is 4.74 Å². The standard InChI is InChI=1S/C21H19N3O4/c25-20(23-18-8-4-7-15-11-22-10-9-16(15)18)28-19-13-24(21(26)27)12-17(19)14-5-2-1-3-6-14/h1-11,17,19H,12-13H2,(H,23,25)(H,26,27). The summed E-state index contributed by atoms with van der Waals surface area (Å²) >= 11 is 0. The van der Waals surface area contributed by atoms with Crippen LogP contribution in [-0.2, 0) is 4.74 Å². The van der Waals surface area contributed by atoms with E-state index < -0.39 is 18.3 Å². The predicted molar refractivity (Wildman–Crippen MR) is 104 cm³/mol. The average Bonchev–Trinajstić information content (AvgIpc) is 3.13. The van der Waals surface area contributed by atoms with Crippen LogP contribution in [0.3, 0.4) is 0 Å². The van der Waals surface area contributed by atoms with Gasteiger partial charge >= 0.3 is 12.2 Å². The Bertz CT molecular complexity index is 1000. The number of amides is 2. The SMILES string of the molecule is O=C(Nc1cccc2cnccc12)OC1CN(C(=O)O)CC1c1ccccc1. The van der Waals surface area contributed by atoms with Gasteiger partial charge in [0.05, 0.1) is 12.2 Å². The number of likely N-dealkylation sites (tertiary alicyclic amines) is 1. The zero-order valence-corrected chi connectivity index (χ0v) is 15.0. The molecule has 0 saturated carbocycles. The number of rotatable bonds is 3. The number of hydrogen-bond donors (Lipinski definition) is 2. The van der Waals surface area contributed by atoms with Gasteiger partial charge in [-0.1, -0.05) is 42.5 Å². The number of carbonyl (C=O) groups is 2. The molecule has 2 N–H and O–H groups in total. The van der Waals surface area contributed by atoms with Gasteiger partial charge in [0.15, 0.2) is 0 Å². The van der Waals surface area contributed by atoms with Crippen molar-refractivity contribution >= 4 is 28.6 Å². The number of fused-ring (bicyclic) bond motifs is 1. The second-order valence-corrected chi connectivity index (χ2v) is 6.68. The van der Waals surface area contributed by atoms with E-state index in [-0.39, 0.29) is 19.0 Å². The Morgan fingerprint density at radius 2 is 1.89 bits per heavy atom. The molecular weight excluding hydrogens is 358 g/mol. The summed E-state index contributed by atoms with van der Waals surface area (Å²) in [5, 5.41) is 13.9. The van der Waals surface area contributed by atoms with E-state index in [0.717, 1.165) is 16.3 Å². The Kier molecular flexibility index (Phi) is 4.80. The summed E-state index contributed by atoms with van der Waals surface area (Å²) in [4.78, 5) is 29.3. The summed E-state index contributed by atoms with van der Waals surface area (Å²) in [7, 11) is 0. The molecule has 1 saturated heterocycles. The molecule has 142 valence electrons. The van der Waals surface area contributed by atoms with Gasteiger partial charge in [-0.2, -0.15) is 0 Å². The Balaban J connectivity index is 1.52. The molecule has 28 heavy (non-hydrogen) atoms. The van der Waals surface area contributed by atoms with Crippen LogP contribution in [0.25, 0.3) is 10.8 Å². The third-order valence-electron chi connectivity index (χ3n) is 4.94. The summed E-state index contributed by atoms with van der Waals surface area (Å²) < 4.78 is 5.64. The van der Waals surface area contributed by atoms with Crippen LogP contribution in [0.1, 0.15) is 11.5 Å². The van der Waals surface area contributed by atoms with Crippen LogP contribution in [0.2, 0.25) is 0 Å². The van der Waals surface area contributed by atoms with Gasteiger partial charge in [-0.25, -0.2) is 9.59 Å². The molecule has 2 heterocycles. The van der Waals surface area contributed by atoms with Crippen LogP contribution in [-0.4, -0.2) is 46.4 Å². The lowest BCUT2D eigenvalue weighted by Gasteiger charge is -2.19. The highest BCUT2D eigenvalue weighted by molar-refractivity contribution is 5.99. The number of carbonyl (C=O) groups excluding carboxylic acids is 1. The van der Waals surface area contributed by atoms with Gasteiger partial charge in [0.25, 0.3) is 0 Å². The molecule has 2 atom stereocenters. The molecule has 1 fully saturated rings. The maximum absolute atomic E-state index is 12.6.